The molecule has 9 atom stereocenters. The molecular formula is C46H65FN6O5. The molecule has 7 rings (SSSR count). The number of anilines is 1. The number of amides is 2. The first kappa shape index (κ1) is 43.5. The lowest BCUT2D eigenvalue weighted by atomic mass is 9.45. The van der Waals surface area contributed by atoms with E-state index in [-0.39, 0.29) is 53.7 Å². The number of methoxy groups -OCH3 is 1. The van der Waals surface area contributed by atoms with E-state index in [0.29, 0.717) is 41.0 Å². The number of aryl methyl sites for hydroxylation is 1. The lowest BCUT2D eigenvalue weighted by Crippen LogP contribution is -2.62. The standard InChI is InChI=1S/C46H65FN6O5/c1-27-37-22-32(46(37,3)4)23-39(27)50-45(56)42-41(28(2)54)40(24-48)58-53(42)26-36-38(47)18-17-35(43(36)57-9)30-19-31(21-34(20-30)52(7)8)44(55)49-33(25-51(5)6)16-15-29-13-11-10-12-14-29/h10-14,17-21,27-28,32-33,37,39-42,54H,15-16,22-26,48H2,1-9H3,(H,49,55)(H,50,56)/t27-,28-,32+,33-,37-,39-,40-,41+,42-/m0/s1. The second-order valence-corrected chi connectivity index (χ2v) is 18.0. The van der Waals surface area contributed by atoms with E-state index in [1.54, 1.807) is 19.1 Å². The van der Waals surface area contributed by atoms with Gasteiger partial charge in [0.05, 0.1) is 25.9 Å². The van der Waals surface area contributed by atoms with Crippen LogP contribution in [0.2, 0.25) is 0 Å². The number of ether oxygens (including phenoxy) is 1. The highest BCUT2D eigenvalue weighted by molar-refractivity contribution is 5.97. The van der Waals surface area contributed by atoms with Crippen LogP contribution in [-0.4, -0.2) is 106 Å². The Hall–Kier alpha value is -4.07. The molecule has 0 spiro atoms. The Morgan fingerprint density at radius 3 is 2.41 bits per heavy atom. The van der Waals surface area contributed by atoms with Crippen LogP contribution in [0.5, 0.6) is 5.75 Å². The highest BCUT2D eigenvalue weighted by Gasteiger charge is 2.57. The topological polar surface area (TPSA) is 133 Å². The van der Waals surface area contributed by atoms with Crippen molar-refractivity contribution >= 4 is 17.5 Å². The number of hydrogen-bond donors (Lipinski definition) is 4. The molecule has 2 amide bonds. The van der Waals surface area contributed by atoms with Gasteiger partial charge in [0.1, 0.15) is 17.6 Å². The first-order valence-electron chi connectivity index (χ1n) is 20.8. The van der Waals surface area contributed by atoms with Gasteiger partial charge in [-0.3, -0.25) is 14.4 Å². The number of hydrogen-bond acceptors (Lipinski definition) is 9. The van der Waals surface area contributed by atoms with E-state index in [0.717, 1.165) is 24.9 Å². The number of carbonyl (C=O) groups is 2. The monoisotopic (exact) mass is 801 g/mol. The van der Waals surface area contributed by atoms with Gasteiger partial charge in [0.25, 0.3) is 5.91 Å². The molecule has 2 bridgehead atoms. The number of nitrogens with zero attached hydrogens (tertiary/aromatic N) is 3. The summed E-state index contributed by atoms with van der Waals surface area (Å²) in [6, 6.07) is 17.8. The first-order chi connectivity index (χ1) is 27.5. The van der Waals surface area contributed by atoms with Crippen LogP contribution in [0.3, 0.4) is 0 Å². The molecule has 3 saturated carbocycles. The van der Waals surface area contributed by atoms with Crippen LogP contribution in [0.1, 0.15) is 68.4 Å². The molecular weight excluding hydrogens is 736 g/mol. The predicted octanol–water partition coefficient (Wildman–Crippen LogP) is 5.49. The number of aliphatic hydroxyl groups is 1. The summed E-state index contributed by atoms with van der Waals surface area (Å²) in [5.74, 6) is -0.0490. The van der Waals surface area contributed by atoms with E-state index in [1.165, 1.54) is 30.2 Å². The fourth-order valence-corrected chi connectivity index (χ4v) is 9.96. The SMILES string of the molecule is COc1c(-c2cc(C(=O)N[C@@H](CCc3ccccc3)CN(C)C)cc(N(C)C)c2)ccc(F)c1CN1O[C@@H](CN)[C@@H]([C@H](C)O)[C@H]1C(=O)N[C@H]1C[C@H]2C[C@@H]([C@@H]1C)C2(C)C. The summed E-state index contributed by atoms with van der Waals surface area (Å²) in [6.07, 6.45) is 2.08. The van der Waals surface area contributed by atoms with Gasteiger partial charge < -0.3 is 36.0 Å². The Labute approximate surface area is 344 Å². The molecule has 1 aliphatic heterocycles. The van der Waals surface area contributed by atoms with E-state index in [9.17, 15) is 14.7 Å². The first-order valence-corrected chi connectivity index (χ1v) is 20.8. The number of hydroxylamine groups is 2. The second-order valence-electron chi connectivity index (χ2n) is 18.0. The Morgan fingerprint density at radius 2 is 1.81 bits per heavy atom. The molecule has 5 N–H and O–H groups in total. The minimum atomic E-state index is -0.927. The largest absolute Gasteiger partial charge is 0.496 e. The summed E-state index contributed by atoms with van der Waals surface area (Å²) >= 11 is 0. The minimum Gasteiger partial charge on any atom is -0.496 e. The molecule has 3 aliphatic carbocycles. The number of rotatable bonds is 16. The number of nitrogens with one attached hydrogen (secondary N) is 2. The van der Waals surface area contributed by atoms with Crippen molar-refractivity contribution in [3.05, 3.63) is 83.2 Å². The number of likely N-dealkylation sites (N-methyl/N-ethyl adjacent to an activating group) is 1. The summed E-state index contributed by atoms with van der Waals surface area (Å²) < 4.78 is 22.1. The molecule has 316 valence electrons. The molecule has 3 aromatic rings. The molecule has 12 heteroatoms. The van der Waals surface area contributed by atoms with Crippen LogP contribution in [0.15, 0.2) is 60.7 Å². The van der Waals surface area contributed by atoms with Gasteiger partial charge in [-0.05, 0) is 111 Å². The Kier molecular flexibility index (Phi) is 13.5. The lowest BCUT2D eigenvalue weighted by molar-refractivity contribution is -0.176. The van der Waals surface area contributed by atoms with Gasteiger partial charge in [-0.1, -0.05) is 51.1 Å². The normalized spacial score (nSPS) is 26.1. The third-order valence-electron chi connectivity index (χ3n) is 13.4. The highest BCUT2D eigenvalue weighted by atomic mass is 19.1. The van der Waals surface area contributed by atoms with E-state index >= 15 is 4.39 Å². The van der Waals surface area contributed by atoms with Gasteiger partial charge >= 0.3 is 0 Å². The summed E-state index contributed by atoms with van der Waals surface area (Å²) in [6.45, 7) is 9.09. The van der Waals surface area contributed by atoms with E-state index < -0.39 is 30.0 Å². The zero-order chi connectivity index (χ0) is 42.1. The zero-order valence-electron chi connectivity index (χ0n) is 35.8. The summed E-state index contributed by atoms with van der Waals surface area (Å²) in [7, 11) is 9.28. The number of fused-ring (bicyclic) bond motifs is 2. The lowest BCUT2D eigenvalue weighted by Gasteiger charge is -2.62. The Balaban J connectivity index is 1.29. The van der Waals surface area contributed by atoms with E-state index in [2.05, 4.69) is 48.4 Å². The molecule has 58 heavy (non-hydrogen) atoms. The van der Waals surface area contributed by atoms with Gasteiger partial charge in [0.2, 0.25) is 5.91 Å². The van der Waals surface area contributed by atoms with Crippen molar-refractivity contribution in [3.8, 4) is 16.9 Å². The highest BCUT2D eigenvalue weighted by Crippen LogP contribution is 2.61. The van der Waals surface area contributed by atoms with Gasteiger partial charge in [-0.15, -0.1) is 0 Å². The average Bonchev–Trinajstić information content (AvgIpc) is 3.57. The minimum absolute atomic E-state index is 0.00954. The van der Waals surface area contributed by atoms with E-state index in [1.807, 2.05) is 63.4 Å². The molecule has 1 saturated heterocycles. The van der Waals surface area contributed by atoms with Crippen LogP contribution in [-0.2, 0) is 22.6 Å². The molecule has 0 unspecified atom stereocenters. The molecule has 11 nitrogen and oxygen atoms in total. The molecule has 1 heterocycles. The van der Waals surface area contributed by atoms with Crippen molar-refractivity contribution in [3.63, 3.8) is 0 Å². The number of benzene rings is 3. The van der Waals surface area contributed by atoms with Crippen LogP contribution in [0.25, 0.3) is 11.1 Å². The van der Waals surface area contributed by atoms with Crippen molar-refractivity contribution < 1.29 is 28.7 Å². The number of aliphatic hydroxyl groups excluding tert-OH is 1. The van der Waals surface area contributed by atoms with Crippen molar-refractivity contribution in [2.45, 2.75) is 90.3 Å². The summed E-state index contributed by atoms with van der Waals surface area (Å²) in [4.78, 5) is 38.7. The van der Waals surface area contributed by atoms with Crippen LogP contribution >= 0.6 is 0 Å². The predicted molar refractivity (Wildman–Crippen MR) is 227 cm³/mol. The zero-order valence-corrected chi connectivity index (χ0v) is 35.8. The molecule has 4 fully saturated rings. The third kappa shape index (κ3) is 9.06. The van der Waals surface area contributed by atoms with Crippen molar-refractivity contribution in [1.29, 1.82) is 0 Å². The maximum absolute atomic E-state index is 16.1. The van der Waals surface area contributed by atoms with Crippen LogP contribution in [0, 0.1) is 34.9 Å². The van der Waals surface area contributed by atoms with Crippen molar-refractivity contribution in [2.24, 2.45) is 34.8 Å². The van der Waals surface area contributed by atoms with Crippen LogP contribution < -0.4 is 26.0 Å². The molecule has 0 radical (unpaired) electrons. The Bertz CT molecular complexity index is 1910. The van der Waals surface area contributed by atoms with Gasteiger partial charge in [-0.25, -0.2) is 4.39 Å². The number of nitrogens with two attached hydrogens (primary N) is 1. The van der Waals surface area contributed by atoms with E-state index in [4.69, 9.17) is 15.3 Å². The maximum Gasteiger partial charge on any atom is 0.251 e. The average molecular weight is 801 g/mol. The summed E-state index contributed by atoms with van der Waals surface area (Å²) in [5.41, 5.74) is 10.3. The van der Waals surface area contributed by atoms with Gasteiger partial charge in [-0.2, -0.15) is 5.06 Å². The smallest absolute Gasteiger partial charge is 0.251 e. The molecule has 4 aliphatic rings. The van der Waals surface area contributed by atoms with Crippen molar-refractivity contribution in [2.75, 3.05) is 53.3 Å². The van der Waals surface area contributed by atoms with Gasteiger partial charge in [0, 0.05) is 67.6 Å². The Morgan fingerprint density at radius 1 is 1.09 bits per heavy atom. The van der Waals surface area contributed by atoms with Crippen molar-refractivity contribution in [1.82, 2.24) is 20.6 Å². The second kappa shape index (κ2) is 18.0. The van der Waals surface area contributed by atoms with Gasteiger partial charge in [0.15, 0.2) is 0 Å². The summed E-state index contributed by atoms with van der Waals surface area (Å²) in [5, 5.41) is 19.1. The fourth-order valence-electron chi connectivity index (χ4n) is 9.96. The number of halogens is 1. The maximum atomic E-state index is 16.1. The molecule has 3 aromatic carbocycles. The third-order valence-corrected chi connectivity index (χ3v) is 13.4. The quantitative estimate of drug-likeness (QED) is 0.149. The van der Waals surface area contributed by atoms with Crippen LogP contribution in [0.4, 0.5) is 10.1 Å². The molecule has 0 aromatic heterocycles. The number of carbonyl (C=O) groups excluding carboxylic acids is 2. The fraction of sp³-hybridized carbons (Fsp3) is 0.565.